The lowest BCUT2D eigenvalue weighted by atomic mass is 10.2. The van der Waals surface area contributed by atoms with Gasteiger partial charge in [0.25, 0.3) is 0 Å². The normalized spacial score (nSPS) is 18.5. The van der Waals surface area contributed by atoms with Gasteiger partial charge < -0.3 is 10.6 Å². The van der Waals surface area contributed by atoms with Crippen molar-refractivity contribution in [1.82, 2.24) is 15.2 Å². The molecule has 0 aliphatic carbocycles. The summed E-state index contributed by atoms with van der Waals surface area (Å²) in [6.45, 7) is 4.60. The Morgan fingerprint density at radius 1 is 1.43 bits per heavy atom. The van der Waals surface area contributed by atoms with Crippen molar-refractivity contribution < 1.29 is 9.59 Å². The molecule has 6 nitrogen and oxygen atoms in total. The molecule has 2 heterocycles. The number of pyridine rings is 1. The van der Waals surface area contributed by atoms with Gasteiger partial charge in [-0.05, 0) is 38.1 Å². The van der Waals surface area contributed by atoms with E-state index in [1.54, 1.807) is 12.1 Å². The summed E-state index contributed by atoms with van der Waals surface area (Å²) in [5, 5.41) is 5.58. The monoisotopic (exact) mass is 310 g/mol. The fourth-order valence-electron chi connectivity index (χ4n) is 2.46. The quantitative estimate of drug-likeness (QED) is 0.822. The molecule has 0 bridgehead atoms. The summed E-state index contributed by atoms with van der Waals surface area (Å²) in [6.07, 6.45) is 3.59. The van der Waals surface area contributed by atoms with Gasteiger partial charge in [0.15, 0.2) is 0 Å². The summed E-state index contributed by atoms with van der Waals surface area (Å²) >= 11 is 5.70. The maximum Gasteiger partial charge on any atom is 0.314 e. The Morgan fingerprint density at radius 3 is 2.90 bits per heavy atom. The number of nitrogens with zero attached hydrogens (tertiary/aromatic N) is 2. The Bertz CT molecular complexity index is 506. The largest absolute Gasteiger partial charge is 0.346 e. The van der Waals surface area contributed by atoms with Crippen LogP contribution in [0.2, 0.25) is 5.02 Å². The van der Waals surface area contributed by atoms with Gasteiger partial charge in [0.05, 0.1) is 5.02 Å². The van der Waals surface area contributed by atoms with Gasteiger partial charge in [0, 0.05) is 18.8 Å². The molecule has 7 heteroatoms. The molecule has 1 fully saturated rings. The van der Waals surface area contributed by atoms with Crippen LogP contribution in [0.4, 0.5) is 5.82 Å². The lowest BCUT2D eigenvalue weighted by Gasteiger charge is -2.22. The van der Waals surface area contributed by atoms with Crippen molar-refractivity contribution in [3.63, 3.8) is 0 Å². The van der Waals surface area contributed by atoms with Gasteiger partial charge in [-0.3, -0.25) is 14.5 Å². The van der Waals surface area contributed by atoms with Crippen molar-refractivity contribution >= 4 is 29.2 Å². The molecule has 1 atom stereocenters. The first-order valence-corrected chi connectivity index (χ1v) is 7.42. The third kappa shape index (κ3) is 4.41. The van der Waals surface area contributed by atoms with E-state index in [9.17, 15) is 9.59 Å². The van der Waals surface area contributed by atoms with Crippen molar-refractivity contribution in [3.05, 3.63) is 23.4 Å². The highest BCUT2D eigenvalue weighted by Gasteiger charge is 2.24. The minimum atomic E-state index is -0.717. The first kappa shape index (κ1) is 15.7. The van der Waals surface area contributed by atoms with E-state index in [1.807, 2.05) is 0 Å². The van der Waals surface area contributed by atoms with Crippen LogP contribution in [0.25, 0.3) is 0 Å². The zero-order chi connectivity index (χ0) is 15.2. The van der Waals surface area contributed by atoms with Crippen LogP contribution in [0.5, 0.6) is 0 Å². The minimum Gasteiger partial charge on any atom is -0.346 e. The third-order valence-electron chi connectivity index (χ3n) is 3.58. The number of likely N-dealkylation sites (N-methyl/N-ethyl adjacent to an activating group) is 1. The van der Waals surface area contributed by atoms with E-state index < -0.39 is 11.8 Å². The smallest absolute Gasteiger partial charge is 0.314 e. The van der Waals surface area contributed by atoms with Gasteiger partial charge in [-0.1, -0.05) is 18.5 Å². The second-order valence-corrected chi connectivity index (χ2v) is 5.39. The summed E-state index contributed by atoms with van der Waals surface area (Å²) in [6, 6.07) is 3.46. The molecule has 21 heavy (non-hydrogen) atoms. The topological polar surface area (TPSA) is 74.3 Å². The van der Waals surface area contributed by atoms with Crippen LogP contribution in [0.1, 0.15) is 19.8 Å². The van der Waals surface area contributed by atoms with Gasteiger partial charge in [-0.2, -0.15) is 0 Å². The summed E-state index contributed by atoms with van der Waals surface area (Å²) in [4.78, 5) is 29.7. The summed E-state index contributed by atoms with van der Waals surface area (Å²) < 4.78 is 0. The van der Waals surface area contributed by atoms with Crippen molar-refractivity contribution in [3.8, 4) is 0 Å². The number of amides is 2. The predicted molar refractivity (Wildman–Crippen MR) is 81.2 cm³/mol. The molecule has 0 unspecified atom stereocenters. The first-order valence-electron chi connectivity index (χ1n) is 7.05. The van der Waals surface area contributed by atoms with Crippen molar-refractivity contribution in [2.24, 2.45) is 0 Å². The number of carbonyl (C=O) groups is 2. The van der Waals surface area contributed by atoms with Crippen molar-refractivity contribution in [2.45, 2.75) is 25.8 Å². The fourth-order valence-corrected chi connectivity index (χ4v) is 2.57. The second-order valence-electron chi connectivity index (χ2n) is 4.95. The molecule has 0 aromatic carbocycles. The van der Waals surface area contributed by atoms with Crippen LogP contribution >= 0.6 is 11.6 Å². The molecular formula is C14H19ClN4O2. The molecule has 1 aromatic rings. The highest BCUT2D eigenvalue weighted by Crippen LogP contribution is 2.15. The molecule has 0 spiro atoms. The number of halogens is 1. The minimum absolute atomic E-state index is 0.301. The van der Waals surface area contributed by atoms with E-state index in [4.69, 9.17) is 11.6 Å². The molecule has 1 aliphatic rings. The Balaban J connectivity index is 1.80. The number of likely N-dealkylation sites (tertiary alicyclic amines) is 1. The first-order chi connectivity index (χ1) is 10.1. The molecule has 0 saturated carbocycles. The van der Waals surface area contributed by atoms with E-state index in [2.05, 4.69) is 27.4 Å². The second kappa shape index (κ2) is 7.38. The lowest BCUT2D eigenvalue weighted by Crippen LogP contribution is -2.43. The highest BCUT2D eigenvalue weighted by atomic mass is 35.5. The standard InChI is InChI=1S/C14H19ClN4O2/c1-2-19-7-3-4-11(19)9-17-13(20)14(21)18-12-6-5-10(15)8-16-12/h5-6,8,11H,2-4,7,9H2,1H3,(H,17,20)(H,16,18,21)/t11-/m0/s1. The molecule has 1 aromatic heterocycles. The fraction of sp³-hybridized carbons (Fsp3) is 0.500. The molecule has 2 rings (SSSR count). The van der Waals surface area contributed by atoms with Crippen molar-refractivity contribution in [2.75, 3.05) is 25.0 Å². The number of aromatic nitrogens is 1. The van der Waals surface area contributed by atoms with Crippen LogP contribution < -0.4 is 10.6 Å². The van der Waals surface area contributed by atoms with Crippen LogP contribution in [0, 0.1) is 0 Å². The van der Waals surface area contributed by atoms with Crippen molar-refractivity contribution in [1.29, 1.82) is 0 Å². The van der Waals surface area contributed by atoms with E-state index in [-0.39, 0.29) is 0 Å². The number of hydrogen-bond donors (Lipinski definition) is 2. The van der Waals surface area contributed by atoms with Crippen LogP contribution in [-0.4, -0.2) is 47.4 Å². The Kier molecular flexibility index (Phi) is 5.52. The van der Waals surface area contributed by atoms with Crippen LogP contribution in [0.15, 0.2) is 18.3 Å². The molecule has 1 aliphatic heterocycles. The Labute approximate surface area is 128 Å². The number of rotatable bonds is 4. The number of carbonyl (C=O) groups excluding carboxylic acids is 2. The zero-order valence-electron chi connectivity index (χ0n) is 11.9. The number of hydrogen-bond acceptors (Lipinski definition) is 4. The lowest BCUT2D eigenvalue weighted by molar-refractivity contribution is -0.136. The van der Waals surface area contributed by atoms with Gasteiger partial charge in [-0.25, -0.2) is 4.98 Å². The van der Waals surface area contributed by atoms with Gasteiger partial charge >= 0.3 is 11.8 Å². The van der Waals surface area contributed by atoms with Crippen LogP contribution in [0.3, 0.4) is 0 Å². The predicted octanol–water partition coefficient (Wildman–Crippen LogP) is 1.27. The maximum atomic E-state index is 11.8. The van der Waals surface area contributed by atoms with Gasteiger partial charge in [-0.15, -0.1) is 0 Å². The molecule has 1 saturated heterocycles. The molecule has 2 amide bonds. The average molecular weight is 311 g/mol. The Morgan fingerprint density at radius 2 is 2.24 bits per heavy atom. The SMILES string of the molecule is CCN1CCC[C@H]1CNC(=O)C(=O)Nc1ccc(Cl)cn1. The van der Waals surface area contributed by atoms with E-state index in [1.165, 1.54) is 6.20 Å². The van der Waals surface area contributed by atoms with Crippen LogP contribution in [-0.2, 0) is 9.59 Å². The average Bonchev–Trinajstić information content (AvgIpc) is 2.94. The zero-order valence-corrected chi connectivity index (χ0v) is 12.7. The summed E-state index contributed by atoms with van der Waals surface area (Å²) in [5.41, 5.74) is 0. The third-order valence-corrected chi connectivity index (χ3v) is 3.80. The van der Waals surface area contributed by atoms with Gasteiger partial charge in [0.1, 0.15) is 5.82 Å². The maximum absolute atomic E-state index is 11.8. The molecular weight excluding hydrogens is 292 g/mol. The molecule has 0 radical (unpaired) electrons. The van der Waals surface area contributed by atoms with E-state index in [0.717, 1.165) is 25.9 Å². The Hall–Kier alpha value is -1.66. The van der Waals surface area contributed by atoms with E-state index in [0.29, 0.717) is 23.4 Å². The number of nitrogens with one attached hydrogen (secondary N) is 2. The number of anilines is 1. The van der Waals surface area contributed by atoms with E-state index >= 15 is 0 Å². The summed E-state index contributed by atoms with van der Waals surface area (Å²) in [5.74, 6) is -1.06. The highest BCUT2D eigenvalue weighted by molar-refractivity contribution is 6.39. The molecule has 2 N–H and O–H groups in total. The molecule has 114 valence electrons. The summed E-state index contributed by atoms with van der Waals surface area (Å²) in [7, 11) is 0. The van der Waals surface area contributed by atoms with Gasteiger partial charge in [0.2, 0.25) is 0 Å².